The molecule has 14 heteroatoms. The first-order chi connectivity index (χ1) is 26.3. The van der Waals surface area contributed by atoms with E-state index < -0.39 is 108 Å². The molecule has 4 saturated carbocycles. The third-order valence-electron chi connectivity index (χ3n) is 17.2. The second-order valence-electron chi connectivity index (χ2n) is 20.7. The minimum Gasteiger partial charge on any atom is -0.394 e. The molecule has 0 aromatic rings. The highest BCUT2D eigenvalue weighted by Gasteiger charge is 2.72. The molecule has 57 heavy (non-hydrogen) atoms. The van der Waals surface area contributed by atoms with Crippen LogP contribution in [0.25, 0.3) is 0 Å². The Hall–Kier alpha value is -0.820. The molecule has 2 saturated heterocycles. The summed E-state index contributed by atoms with van der Waals surface area (Å²) in [6, 6.07) is 0. The highest BCUT2D eigenvalue weighted by Crippen LogP contribution is 2.76. The number of fused-ring (bicyclic) bond motifs is 5. The zero-order chi connectivity index (χ0) is 42.4. The third kappa shape index (κ3) is 7.30. The van der Waals surface area contributed by atoms with E-state index in [0.29, 0.717) is 12.8 Å². The molecule has 330 valence electrons. The number of hydrogen-bond donors (Lipinski definition) is 9. The van der Waals surface area contributed by atoms with Gasteiger partial charge in [0.25, 0.3) is 0 Å². The summed E-state index contributed by atoms with van der Waals surface area (Å²) >= 11 is 0. The van der Waals surface area contributed by atoms with Crippen molar-refractivity contribution in [2.45, 2.75) is 198 Å². The van der Waals surface area contributed by atoms with Crippen LogP contribution in [-0.2, 0) is 23.7 Å². The Labute approximate surface area is 338 Å². The molecule has 4 aliphatic carbocycles. The standard InChI is InChI=1S/C43H74O14/c1-21-30(47)32(49)34(51)36(54-21)57-35-33(50)31(48)24(20-44)55-37(35)56-29-15-17-40(6)25-12-11-22-23(43(9,52)27(45)14-16-38(2,3)53-10)13-18-41(22,7)42(25,8)28(46)19-26(40)39(29,4)5/h14,16,21-37,44-52H,11-13,15,17-20H2,1-10H3/b16-14+/t21-,22+,23-,24+,25+,26-,27?,28-,29-,30-,31+,32+,33-,34+,35+,36-,37-,40+,41+,42-,43+/m0/s1. The van der Waals surface area contributed by atoms with E-state index in [4.69, 9.17) is 23.7 Å². The lowest BCUT2D eigenvalue weighted by molar-refractivity contribution is -0.377. The van der Waals surface area contributed by atoms with Gasteiger partial charge in [-0.05, 0) is 113 Å². The average Bonchev–Trinajstić information content (AvgIpc) is 3.52. The van der Waals surface area contributed by atoms with Gasteiger partial charge in [0.15, 0.2) is 12.6 Å². The van der Waals surface area contributed by atoms with E-state index in [1.165, 1.54) is 6.92 Å². The van der Waals surface area contributed by atoms with E-state index in [9.17, 15) is 46.0 Å². The molecule has 14 nitrogen and oxygen atoms in total. The zero-order valence-electron chi connectivity index (χ0n) is 35.7. The lowest BCUT2D eigenvalue weighted by Crippen LogP contribution is -2.69. The normalized spacial score (nSPS) is 51.8. The molecule has 6 aliphatic rings. The maximum absolute atomic E-state index is 12.5. The van der Waals surface area contributed by atoms with E-state index in [1.807, 2.05) is 13.8 Å². The Morgan fingerprint density at radius 3 is 2.09 bits per heavy atom. The van der Waals surface area contributed by atoms with Crippen LogP contribution in [0, 0.1) is 45.3 Å². The minimum atomic E-state index is -1.67. The highest BCUT2D eigenvalue weighted by molar-refractivity contribution is 5.22. The fourth-order valence-corrected chi connectivity index (χ4v) is 13.2. The Morgan fingerprint density at radius 1 is 0.789 bits per heavy atom. The summed E-state index contributed by atoms with van der Waals surface area (Å²) in [5.41, 5.74) is -3.47. The molecule has 2 heterocycles. The van der Waals surface area contributed by atoms with Crippen molar-refractivity contribution >= 4 is 0 Å². The molecule has 0 bridgehead atoms. The van der Waals surface area contributed by atoms with Crippen molar-refractivity contribution in [3.05, 3.63) is 12.2 Å². The van der Waals surface area contributed by atoms with Crippen LogP contribution in [0.4, 0.5) is 0 Å². The number of aliphatic hydroxyl groups is 9. The number of aliphatic hydroxyl groups excluding tert-OH is 8. The summed E-state index contributed by atoms with van der Waals surface area (Å²) in [6.45, 7) is 17.6. The number of ether oxygens (including phenoxy) is 5. The second kappa shape index (κ2) is 15.8. The van der Waals surface area contributed by atoms with Crippen LogP contribution in [0.5, 0.6) is 0 Å². The zero-order valence-corrected chi connectivity index (χ0v) is 35.7. The SMILES string of the molecule is COC(C)(C)/C=C/C(O)[C@](C)(O)[C@H]1CC[C@]2(C)[C@@H]1CC[C@@H]1[C@@]3(C)CC[C@H](O[C@@H]4O[C@H](CO)[C@@H](O)[C@H](O)[C@H]4O[C@@H]4O[C@@H](C)[C@H](O)[C@@H](O)[C@H]4O)C(C)(C)[C@@H]3C[C@H](O)[C@]12C. The molecular weight excluding hydrogens is 740 g/mol. The molecule has 0 radical (unpaired) electrons. The van der Waals surface area contributed by atoms with E-state index in [-0.39, 0.29) is 34.5 Å². The summed E-state index contributed by atoms with van der Waals surface area (Å²) in [5.74, 6) is 0.0855. The van der Waals surface area contributed by atoms with Gasteiger partial charge in [-0.1, -0.05) is 46.8 Å². The Kier molecular flexibility index (Phi) is 12.7. The van der Waals surface area contributed by atoms with Gasteiger partial charge in [-0.2, -0.15) is 0 Å². The van der Waals surface area contributed by atoms with Crippen LogP contribution < -0.4 is 0 Å². The monoisotopic (exact) mass is 815 g/mol. The first-order valence-corrected chi connectivity index (χ1v) is 21.3. The number of hydrogen-bond acceptors (Lipinski definition) is 14. The predicted molar refractivity (Wildman–Crippen MR) is 207 cm³/mol. The fraction of sp³-hybridized carbons (Fsp3) is 0.953. The van der Waals surface area contributed by atoms with E-state index >= 15 is 0 Å². The summed E-state index contributed by atoms with van der Waals surface area (Å²) < 4.78 is 30.0. The van der Waals surface area contributed by atoms with Crippen molar-refractivity contribution in [2.24, 2.45) is 45.3 Å². The average molecular weight is 815 g/mol. The molecule has 6 rings (SSSR count). The number of methoxy groups -OCH3 is 1. The summed E-state index contributed by atoms with van der Waals surface area (Å²) in [4.78, 5) is 0. The molecule has 9 N–H and O–H groups in total. The van der Waals surface area contributed by atoms with E-state index in [0.717, 1.165) is 32.1 Å². The van der Waals surface area contributed by atoms with Crippen LogP contribution in [0.15, 0.2) is 12.2 Å². The molecule has 6 fully saturated rings. The van der Waals surface area contributed by atoms with Crippen molar-refractivity contribution in [1.82, 2.24) is 0 Å². The minimum absolute atomic E-state index is 0.00137. The largest absolute Gasteiger partial charge is 0.394 e. The van der Waals surface area contributed by atoms with Crippen LogP contribution in [-0.4, -0.2) is 151 Å². The summed E-state index contributed by atoms with van der Waals surface area (Å²) in [7, 11) is 1.61. The first-order valence-electron chi connectivity index (χ1n) is 21.3. The number of rotatable bonds is 10. The maximum Gasteiger partial charge on any atom is 0.187 e. The quantitative estimate of drug-likeness (QED) is 0.113. The molecule has 0 aromatic heterocycles. The molecule has 1 unspecified atom stereocenters. The molecule has 0 aromatic carbocycles. The van der Waals surface area contributed by atoms with Gasteiger partial charge in [0.1, 0.15) is 48.8 Å². The van der Waals surface area contributed by atoms with Crippen LogP contribution in [0.3, 0.4) is 0 Å². The van der Waals surface area contributed by atoms with Crippen molar-refractivity contribution < 1.29 is 69.6 Å². The van der Waals surface area contributed by atoms with Gasteiger partial charge in [0.05, 0.1) is 36.1 Å². The van der Waals surface area contributed by atoms with Crippen molar-refractivity contribution in [2.75, 3.05) is 13.7 Å². The van der Waals surface area contributed by atoms with E-state index in [1.54, 1.807) is 26.2 Å². The van der Waals surface area contributed by atoms with Gasteiger partial charge >= 0.3 is 0 Å². The molecule has 0 spiro atoms. The van der Waals surface area contributed by atoms with Gasteiger partial charge in [-0.15, -0.1) is 0 Å². The van der Waals surface area contributed by atoms with Gasteiger partial charge < -0.3 is 69.6 Å². The lowest BCUT2D eigenvalue weighted by Gasteiger charge is -2.71. The Bertz CT molecular complexity index is 1440. The Balaban J connectivity index is 1.23. The Morgan fingerprint density at radius 2 is 1.46 bits per heavy atom. The van der Waals surface area contributed by atoms with Gasteiger partial charge in [0, 0.05) is 12.5 Å². The topological polar surface area (TPSA) is 228 Å². The van der Waals surface area contributed by atoms with E-state index in [2.05, 4.69) is 34.6 Å². The van der Waals surface area contributed by atoms with Crippen LogP contribution >= 0.6 is 0 Å². The van der Waals surface area contributed by atoms with Crippen molar-refractivity contribution in [3.8, 4) is 0 Å². The van der Waals surface area contributed by atoms with Crippen LogP contribution in [0.1, 0.15) is 107 Å². The molecular formula is C43H74O14. The fourth-order valence-electron chi connectivity index (χ4n) is 13.2. The predicted octanol–water partition coefficient (Wildman–Crippen LogP) is 1.77. The maximum atomic E-state index is 12.5. The second-order valence-corrected chi connectivity index (χ2v) is 20.7. The van der Waals surface area contributed by atoms with Crippen molar-refractivity contribution in [1.29, 1.82) is 0 Å². The van der Waals surface area contributed by atoms with Gasteiger partial charge in [0.2, 0.25) is 0 Å². The summed E-state index contributed by atoms with van der Waals surface area (Å²) in [6.07, 6.45) is -7.67. The lowest BCUT2D eigenvalue weighted by atomic mass is 9.34. The van der Waals surface area contributed by atoms with Crippen molar-refractivity contribution in [3.63, 3.8) is 0 Å². The summed E-state index contributed by atoms with van der Waals surface area (Å²) in [5, 5.41) is 99.5. The first kappa shape index (κ1) is 45.7. The van der Waals surface area contributed by atoms with Crippen LogP contribution in [0.2, 0.25) is 0 Å². The highest BCUT2D eigenvalue weighted by atomic mass is 16.8. The molecule has 21 atom stereocenters. The van der Waals surface area contributed by atoms with Gasteiger partial charge in [-0.25, -0.2) is 0 Å². The smallest absolute Gasteiger partial charge is 0.187 e. The molecule has 0 amide bonds. The molecule has 2 aliphatic heterocycles. The third-order valence-corrected chi connectivity index (χ3v) is 17.2. The van der Waals surface area contributed by atoms with Gasteiger partial charge in [-0.3, -0.25) is 0 Å².